The molecule has 0 heterocycles. The minimum Gasteiger partial charge on any atom is -0.309 e. The van der Waals surface area contributed by atoms with E-state index in [1.54, 1.807) is 12.2 Å². The Labute approximate surface area is 98.3 Å². The Morgan fingerprint density at radius 1 is 1.38 bits per heavy atom. The Hall–Kier alpha value is -0.890. The summed E-state index contributed by atoms with van der Waals surface area (Å²) in [6.07, 6.45) is 10.2. The van der Waals surface area contributed by atoms with Crippen molar-refractivity contribution in [2.24, 2.45) is 5.92 Å². The Morgan fingerprint density at radius 3 is 2.75 bits per heavy atom. The van der Waals surface area contributed by atoms with E-state index in [0.717, 1.165) is 25.8 Å². The van der Waals surface area contributed by atoms with E-state index in [4.69, 9.17) is 0 Å². The van der Waals surface area contributed by atoms with Gasteiger partial charge in [0, 0.05) is 0 Å². The molecule has 1 aliphatic rings. The molecule has 0 fully saturated rings. The van der Waals surface area contributed by atoms with Crippen LogP contribution in [0.2, 0.25) is 0 Å². The number of rotatable bonds is 5. The zero-order valence-electron chi connectivity index (χ0n) is 10.5. The molecule has 0 aliphatic heterocycles. The standard InChI is InChI=1S/C14H22FN/c1-4-12(10-11-16(2)3)13-6-5-7-14(15)9-8-13/h5,7-9,12H,4,6,10-11H2,1-3H3. The van der Waals surface area contributed by atoms with Crippen LogP contribution in [0.3, 0.4) is 0 Å². The molecular weight excluding hydrogens is 201 g/mol. The van der Waals surface area contributed by atoms with Gasteiger partial charge in [-0.3, -0.25) is 0 Å². The van der Waals surface area contributed by atoms with Crippen molar-refractivity contribution in [3.63, 3.8) is 0 Å². The van der Waals surface area contributed by atoms with Crippen LogP contribution in [0.15, 0.2) is 35.7 Å². The van der Waals surface area contributed by atoms with E-state index in [9.17, 15) is 4.39 Å². The minimum atomic E-state index is -0.141. The molecule has 0 aromatic heterocycles. The number of nitrogens with zero attached hydrogens (tertiary/aromatic N) is 1. The maximum absolute atomic E-state index is 13.0. The second-order valence-electron chi connectivity index (χ2n) is 4.60. The molecule has 0 aromatic rings. The van der Waals surface area contributed by atoms with Gasteiger partial charge < -0.3 is 4.90 Å². The Kier molecular flexibility index (Phi) is 5.47. The Morgan fingerprint density at radius 2 is 2.12 bits per heavy atom. The third-order valence-corrected chi connectivity index (χ3v) is 3.03. The zero-order chi connectivity index (χ0) is 12.0. The Bertz CT molecular complexity index is 300. The highest BCUT2D eigenvalue weighted by atomic mass is 19.1. The van der Waals surface area contributed by atoms with E-state index in [2.05, 4.69) is 25.9 Å². The number of hydrogen-bond acceptors (Lipinski definition) is 1. The highest BCUT2D eigenvalue weighted by Gasteiger charge is 2.12. The van der Waals surface area contributed by atoms with Crippen molar-refractivity contribution in [2.45, 2.75) is 26.2 Å². The van der Waals surface area contributed by atoms with Crippen LogP contribution in [0.5, 0.6) is 0 Å². The topological polar surface area (TPSA) is 3.24 Å². The van der Waals surface area contributed by atoms with Crippen molar-refractivity contribution in [1.82, 2.24) is 4.90 Å². The summed E-state index contributed by atoms with van der Waals surface area (Å²) in [6.45, 7) is 3.29. The summed E-state index contributed by atoms with van der Waals surface area (Å²) in [6, 6.07) is 0. The van der Waals surface area contributed by atoms with Crippen LogP contribution >= 0.6 is 0 Å². The van der Waals surface area contributed by atoms with Gasteiger partial charge in [0.15, 0.2) is 0 Å². The fourth-order valence-corrected chi connectivity index (χ4v) is 1.99. The lowest BCUT2D eigenvalue weighted by atomic mass is 9.90. The third kappa shape index (κ3) is 4.31. The first-order valence-corrected chi connectivity index (χ1v) is 6.01. The van der Waals surface area contributed by atoms with Gasteiger partial charge in [0.1, 0.15) is 5.83 Å². The summed E-state index contributed by atoms with van der Waals surface area (Å²) in [7, 11) is 4.18. The van der Waals surface area contributed by atoms with Crippen LogP contribution in [0.25, 0.3) is 0 Å². The maximum Gasteiger partial charge on any atom is 0.122 e. The van der Waals surface area contributed by atoms with E-state index in [1.807, 2.05) is 12.2 Å². The van der Waals surface area contributed by atoms with Crippen LogP contribution in [0, 0.1) is 5.92 Å². The van der Waals surface area contributed by atoms with Gasteiger partial charge in [0.2, 0.25) is 0 Å². The fraction of sp³-hybridized carbons (Fsp3) is 0.571. The van der Waals surface area contributed by atoms with Gasteiger partial charge in [-0.05, 0) is 58.0 Å². The predicted octanol–water partition coefficient (Wildman–Crippen LogP) is 3.70. The molecule has 16 heavy (non-hydrogen) atoms. The maximum atomic E-state index is 13.0. The molecular formula is C14H22FN. The number of halogens is 1. The molecule has 0 saturated carbocycles. The first kappa shape index (κ1) is 13.2. The van der Waals surface area contributed by atoms with E-state index >= 15 is 0 Å². The normalized spacial score (nSPS) is 18.1. The molecule has 1 atom stereocenters. The highest BCUT2D eigenvalue weighted by molar-refractivity contribution is 5.28. The molecule has 0 bridgehead atoms. The summed E-state index contributed by atoms with van der Waals surface area (Å²) in [4.78, 5) is 2.20. The lowest BCUT2D eigenvalue weighted by molar-refractivity contribution is 0.362. The predicted molar refractivity (Wildman–Crippen MR) is 68.0 cm³/mol. The molecule has 0 aromatic carbocycles. The van der Waals surface area contributed by atoms with Crippen molar-refractivity contribution < 1.29 is 4.39 Å². The molecule has 1 aliphatic carbocycles. The second-order valence-corrected chi connectivity index (χ2v) is 4.60. The minimum absolute atomic E-state index is 0.141. The van der Waals surface area contributed by atoms with Gasteiger partial charge in [-0.15, -0.1) is 0 Å². The lowest BCUT2D eigenvalue weighted by Gasteiger charge is -2.19. The monoisotopic (exact) mass is 223 g/mol. The van der Waals surface area contributed by atoms with Crippen molar-refractivity contribution in [2.75, 3.05) is 20.6 Å². The largest absolute Gasteiger partial charge is 0.309 e. The summed E-state index contributed by atoms with van der Waals surface area (Å²) < 4.78 is 13.0. The lowest BCUT2D eigenvalue weighted by Crippen LogP contribution is -2.17. The molecule has 2 heteroatoms. The second kappa shape index (κ2) is 6.64. The summed E-state index contributed by atoms with van der Waals surface area (Å²) >= 11 is 0. The van der Waals surface area contributed by atoms with Crippen LogP contribution < -0.4 is 0 Å². The van der Waals surface area contributed by atoms with Gasteiger partial charge in [0.05, 0.1) is 0 Å². The molecule has 0 spiro atoms. The van der Waals surface area contributed by atoms with Crippen molar-refractivity contribution in [1.29, 1.82) is 0 Å². The SMILES string of the molecule is CCC(CCN(C)C)C1=CC=C(F)C=CC1. The summed E-state index contributed by atoms with van der Waals surface area (Å²) in [5.74, 6) is 0.437. The smallest absolute Gasteiger partial charge is 0.122 e. The van der Waals surface area contributed by atoms with E-state index in [0.29, 0.717) is 5.92 Å². The van der Waals surface area contributed by atoms with E-state index < -0.39 is 0 Å². The van der Waals surface area contributed by atoms with Gasteiger partial charge in [-0.2, -0.15) is 0 Å². The van der Waals surface area contributed by atoms with Gasteiger partial charge in [-0.25, -0.2) is 4.39 Å². The van der Waals surface area contributed by atoms with Crippen LogP contribution in [-0.2, 0) is 0 Å². The average molecular weight is 223 g/mol. The van der Waals surface area contributed by atoms with Crippen molar-refractivity contribution >= 4 is 0 Å². The molecule has 0 N–H and O–H groups in total. The average Bonchev–Trinajstić information content (AvgIpc) is 2.44. The van der Waals surface area contributed by atoms with E-state index in [1.165, 1.54) is 5.57 Å². The first-order valence-electron chi connectivity index (χ1n) is 6.01. The summed E-state index contributed by atoms with van der Waals surface area (Å²) in [5.41, 5.74) is 1.35. The molecule has 0 amide bonds. The zero-order valence-corrected chi connectivity index (χ0v) is 10.5. The molecule has 90 valence electrons. The quantitative estimate of drug-likeness (QED) is 0.687. The molecule has 1 unspecified atom stereocenters. The fourth-order valence-electron chi connectivity index (χ4n) is 1.99. The van der Waals surface area contributed by atoms with Crippen molar-refractivity contribution in [3.8, 4) is 0 Å². The van der Waals surface area contributed by atoms with Crippen molar-refractivity contribution in [3.05, 3.63) is 35.7 Å². The molecule has 0 saturated heterocycles. The third-order valence-electron chi connectivity index (χ3n) is 3.03. The molecule has 0 radical (unpaired) electrons. The highest BCUT2D eigenvalue weighted by Crippen LogP contribution is 2.25. The van der Waals surface area contributed by atoms with Gasteiger partial charge in [0.25, 0.3) is 0 Å². The number of allylic oxidation sites excluding steroid dienone is 6. The molecule has 1 nitrogen and oxygen atoms in total. The van der Waals surface area contributed by atoms with E-state index in [-0.39, 0.29) is 5.83 Å². The summed E-state index contributed by atoms with van der Waals surface area (Å²) in [5, 5.41) is 0. The first-order chi connectivity index (χ1) is 7.63. The molecule has 1 rings (SSSR count). The van der Waals surface area contributed by atoms with Crippen LogP contribution in [0.4, 0.5) is 4.39 Å². The van der Waals surface area contributed by atoms with Gasteiger partial charge >= 0.3 is 0 Å². The Balaban J connectivity index is 2.62. The van der Waals surface area contributed by atoms with Crippen LogP contribution in [0.1, 0.15) is 26.2 Å². The van der Waals surface area contributed by atoms with Crippen LogP contribution in [-0.4, -0.2) is 25.5 Å². The number of hydrogen-bond donors (Lipinski definition) is 0. The van der Waals surface area contributed by atoms with Gasteiger partial charge in [-0.1, -0.05) is 24.6 Å².